The Hall–Kier alpha value is -4.08. The molecule has 0 saturated carbocycles. The molecule has 10 heteroatoms. The molecule has 0 atom stereocenters. The third-order valence-electron chi connectivity index (χ3n) is 5.35. The number of hydrogen-bond donors (Lipinski definition) is 2. The van der Waals surface area contributed by atoms with Crippen molar-refractivity contribution < 1.29 is 13.9 Å². The number of amides is 1. The van der Waals surface area contributed by atoms with Crippen LogP contribution in [-0.2, 0) is 24.3 Å². The van der Waals surface area contributed by atoms with Crippen molar-refractivity contribution in [2.45, 2.75) is 26.4 Å². The van der Waals surface area contributed by atoms with Gasteiger partial charge in [0.25, 0.3) is 0 Å². The number of carbonyl (C=O) groups excluding carboxylic acids is 1. The number of fused-ring (bicyclic) bond motifs is 2. The van der Waals surface area contributed by atoms with E-state index in [9.17, 15) is 9.18 Å². The minimum atomic E-state index is -0.274. The lowest BCUT2D eigenvalue weighted by atomic mass is 10.0. The van der Waals surface area contributed by atoms with E-state index in [-0.39, 0.29) is 18.3 Å². The maximum absolute atomic E-state index is 14.4. The van der Waals surface area contributed by atoms with Gasteiger partial charge in [-0.2, -0.15) is 0 Å². The molecule has 0 saturated heterocycles. The number of ether oxygens (including phenoxy) is 1. The minimum Gasteiger partial charge on any atom is -0.493 e. The Morgan fingerprint density at radius 3 is 2.91 bits per heavy atom. The second kappa shape index (κ2) is 8.22. The van der Waals surface area contributed by atoms with Gasteiger partial charge in [0, 0.05) is 54.5 Å². The first-order chi connectivity index (χ1) is 15.6. The molecular weight excluding hydrogens is 413 g/mol. The van der Waals surface area contributed by atoms with Crippen molar-refractivity contribution in [1.29, 1.82) is 0 Å². The number of nitrogens with zero attached hydrogens (tertiary/aromatic N) is 5. The molecule has 9 nitrogen and oxygen atoms in total. The molecule has 1 aliphatic heterocycles. The van der Waals surface area contributed by atoms with Gasteiger partial charge in [-0.3, -0.25) is 14.2 Å². The van der Waals surface area contributed by atoms with Gasteiger partial charge in [-0.05, 0) is 18.2 Å². The quantitative estimate of drug-likeness (QED) is 0.481. The van der Waals surface area contributed by atoms with Gasteiger partial charge in [0.05, 0.1) is 18.8 Å². The van der Waals surface area contributed by atoms with Crippen molar-refractivity contribution in [3.05, 3.63) is 65.6 Å². The Bertz CT molecular complexity index is 1300. The Kier molecular flexibility index (Phi) is 5.10. The third-order valence-corrected chi connectivity index (χ3v) is 5.35. The maximum atomic E-state index is 14.4. The monoisotopic (exact) mass is 433 g/mol. The first-order valence-corrected chi connectivity index (χ1v) is 10.2. The van der Waals surface area contributed by atoms with Gasteiger partial charge in [-0.25, -0.2) is 9.37 Å². The Labute approximate surface area is 182 Å². The van der Waals surface area contributed by atoms with Crippen LogP contribution >= 0.6 is 0 Å². The highest BCUT2D eigenvalue weighted by atomic mass is 19.1. The first-order valence-electron chi connectivity index (χ1n) is 10.2. The molecule has 4 aromatic rings. The molecule has 3 aromatic heterocycles. The zero-order valence-corrected chi connectivity index (χ0v) is 17.3. The Balaban J connectivity index is 1.40. The highest BCUT2D eigenvalue weighted by Crippen LogP contribution is 2.31. The minimum absolute atomic E-state index is 0.110. The topological polar surface area (TPSA) is 106 Å². The second-order valence-corrected chi connectivity index (χ2v) is 7.42. The molecule has 162 valence electrons. The molecule has 0 spiro atoms. The Morgan fingerprint density at radius 1 is 1.19 bits per heavy atom. The van der Waals surface area contributed by atoms with Crippen LogP contribution in [0, 0.1) is 5.82 Å². The predicted octanol–water partition coefficient (Wildman–Crippen LogP) is 2.51. The van der Waals surface area contributed by atoms with Crippen molar-refractivity contribution >= 4 is 17.5 Å². The fraction of sp³-hybridized carbons (Fsp3) is 0.227. The number of pyridine rings is 1. The van der Waals surface area contributed by atoms with Gasteiger partial charge < -0.3 is 15.4 Å². The first kappa shape index (κ1) is 19.9. The molecule has 0 unspecified atom stereocenters. The van der Waals surface area contributed by atoms with Crippen molar-refractivity contribution in [2.75, 3.05) is 11.9 Å². The average molecular weight is 433 g/mol. The third kappa shape index (κ3) is 3.70. The van der Waals surface area contributed by atoms with Gasteiger partial charge in [-0.15, -0.1) is 10.2 Å². The molecule has 1 aliphatic rings. The molecule has 0 radical (unpaired) electrons. The summed E-state index contributed by atoms with van der Waals surface area (Å²) in [6.45, 7) is 2.65. The number of aromatic nitrogens is 5. The van der Waals surface area contributed by atoms with Crippen LogP contribution in [0.5, 0.6) is 5.75 Å². The molecule has 2 N–H and O–H groups in total. The summed E-state index contributed by atoms with van der Waals surface area (Å²) < 4.78 is 21.7. The number of halogens is 1. The lowest BCUT2D eigenvalue weighted by molar-refractivity contribution is -0.119. The fourth-order valence-corrected chi connectivity index (χ4v) is 3.73. The van der Waals surface area contributed by atoms with Crippen LogP contribution in [0.2, 0.25) is 0 Å². The van der Waals surface area contributed by atoms with Crippen LogP contribution in [0.3, 0.4) is 0 Å². The summed E-state index contributed by atoms with van der Waals surface area (Å²) in [5, 5.41) is 14.2. The van der Waals surface area contributed by atoms with Crippen LogP contribution < -0.4 is 15.4 Å². The van der Waals surface area contributed by atoms with Crippen LogP contribution in [0.1, 0.15) is 23.7 Å². The van der Waals surface area contributed by atoms with Crippen molar-refractivity contribution in [3.63, 3.8) is 0 Å². The van der Waals surface area contributed by atoms with Gasteiger partial charge in [0.1, 0.15) is 17.9 Å². The lowest BCUT2D eigenvalue weighted by Gasteiger charge is -2.12. The molecule has 5 rings (SSSR count). The van der Waals surface area contributed by atoms with Crippen LogP contribution in [0.4, 0.5) is 10.3 Å². The molecule has 0 aliphatic carbocycles. The molecule has 4 heterocycles. The van der Waals surface area contributed by atoms with Gasteiger partial charge in [0.15, 0.2) is 5.65 Å². The number of hydrogen-bond acceptors (Lipinski definition) is 7. The lowest BCUT2D eigenvalue weighted by Crippen LogP contribution is -2.19. The zero-order valence-electron chi connectivity index (χ0n) is 17.3. The maximum Gasteiger partial charge on any atom is 0.217 e. The average Bonchev–Trinajstić information content (AvgIpc) is 3.47. The number of nitrogens with one attached hydrogen (secondary N) is 2. The molecule has 32 heavy (non-hydrogen) atoms. The summed E-state index contributed by atoms with van der Waals surface area (Å²) >= 11 is 0. The van der Waals surface area contributed by atoms with Gasteiger partial charge in [0.2, 0.25) is 11.9 Å². The molecular formula is C22H20FN7O2. The van der Waals surface area contributed by atoms with Crippen molar-refractivity contribution in [3.8, 4) is 16.9 Å². The zero-order chi connectivity index (χ0) is 22.1. The second-order valence-electron chi connectivity index (χ2n) is 7.42. The largest absolute Gasteiger partial charge is 0.493 e. The van der Waals surface area contributed by atoms with Gasteiger partial charge >= 0.3 is 0 Å². The van der Waals surface area contributed by atoms with E-state index in [1.807, 2.05) is 12.1 Å². The predicted molar refractivity (Wildman–Crippen MR) is 114 cm³/mol. The SMILES string of the molecule is CC(=O)NCc1ccc(-c2cnc(NCc3c(F)ccc4c3CCO4)n3cnnc23)cn1. The summed E-state index contributed by atoms with van der Waals surface area (Å²) in [5.74, 6) is 0.848. The molecule has 1 aromatic carbocycles. The number of anilines is 1. The summed E-state index contributed by atoms with van der Waals surface area (Å²) in [7, 11) is 0. The number of carbonyl (C=O) groups is 1. The highest BCUT2D eigenvalue weighted by Gasteiger charge is 2.20. The normalized spacial score (nSPS) is 12.4. The number of rotatable bonds is 6. The van der Waals surface area contributed by atoms with E-state index in [1.54, 1.807) is 29.2 Å². The van der Waals surface area contributed by atoms with E-state index < -0.39 is 0 Å². The van der Waals surface area contributed by atoms with Crippen molar-refractivity contribution in [2.24, 2.45) is 0 Å². The van der Waals surface area contributed by atoms with Crippen molar-refractivity contribution in [1.82, 2.24) is 29.9 Å². The number of benzene rings is 1. The van der Waals surface area contributed by atoms with E-state index in [1.165, 1.54) is 13.0 Å². The smallest absolute Gasteiger partial charge is 0.217 e. The van der Waals surface area contributed by atoms with E-state index in [2.05, 4.69) is 30.8 Å². The summed E-state index contributed by atoms with van der Waals surface area (Å²) in [5.41, 5.74) is 4.38. The van der Waals surface area contributed by atoms with Gasteiger partial charge in [-0.1, -0.05) is 6.07 Å². The molecule has 0 fully saturated rings. The summed E-state index contributed by atoms with van der Waals surface area (Å²) in [4.78, 5) is 20.0. The molecule has 1 amide bonds. The van der Waals surface area contributed by atoms with Crippen LogP contribution in [0.15, 0.2) is 43.0 Å². The standard InChI is InChI=1S/C22H20FN7O2/c1-13(31)24-9-15-3-2-14(8-25-15)17-10-26-22(30-12-28-29-21(17)30)27-11-18-16-6-7-32-20(16)5-4-19(18)23/h2-5,8,10,12H,6-7,9,11H2,1H3,(H,24,31)(H,26,27). The fourth-order valence-electron chi connectivity index (χ4n) is 3.73. The summed E-state index contributed by atoms with van der Waals surface area (Å²) in [6.07, 6.45) is 5.63. The molecule has 0 bridgehead atoms. The summed E-state index contributed by atoms with van der Waals surface area (Å²) in [6, 6.07) is 6.83. The van der Waals surface area contributed by atoms with E-state index >= 15 is 0 Å². The van der Waals surface area contributed by atoms with Crippen LogP contribution in [0.25, 0.3) is 16.8 Å². The Morgan fingerprint density at radius 2 is 2.09 bits per heavy atom. The highest BCUT2D eigenvalue weighted by molar-refractivity contribution is 5.77. The van der Waals surface area contributed by atoms with E-state index in [0.29, 0.717) is 36.7 Å². The van der Waals surface area contributed by atoms with E-state index in [4.69, 9.17) is 4.74 Å². The van der Waals surface area contributed by atoms with Crippen LogP contribution in [-0.4, -0.2) is 37.1 Å². The van der Waals surface area contributed by atoms with E-state index in [0.717, 1.165) is 28.1 Å².